The molecule has 0 nitrogen and oxygen atoms in total. The summed E-state index contributed by atoms with van der Waals surface area (Å²) in [4.78, 5) is 0. The average molecular weight is 337 g/mol. The lowest BCUT2D eigenvalue weighted by atomic mass is 10.1. The Balaban J connectivity index is -0.000000276. The van der Waals surface area contributed by atoms with Crippen LogP contribution in [0.5, 0.6) is 0 Å². The van der Waals surface area contributed by atoms with Crippen LogP contribution in [-0.4, -0.2) is 0 Å². The van der Waals surface area contributed by atoms with Crippen LogP contribution in [0.25, 0.3) is 0 Å². The van der Waals surface area contributed by atoms with Gasteiger partial charge in [0.1, 0.15) is 0 Å². The molecular weight excluding hydrogens is 288 g/mol. The number of hydrogen-bond acceptors (Lipinski definition) is 0. The molecule has 0 heteroatoms. The van der Waals surface area contributed by atoms with E-state index >= 15 is 0 Å². The van der Waals surface area contributed by atoms with Crippen LogP contribution in [0.4, 0.5) is 0 Å². The summed E-state index contributed by atoms with van der Waals surface area (Å²) in [5, 5.41) is 0. The van der Waals surface area contributed by atoms with E-state index in [1.807, 2.05) is 0 Å². The summed E-state index contributed by atoms with van der Waals surface area (Å²) in [6, 6.07) is 0. The highest BCUT2D eigenvalue weighted by Crippen LogP contribution is 2.02. The monoisotopic (exact) mass is 336 g/mol. The summed E-state index contributed by atoms with van der Waals surface area (Å²) in [7, 11) is 0. The van der Waals surface area contributed by atoms with Crippen LogP contribution in [0, 0.1) is 0 Å². The van der Waals surface area contributed by atoms with Gasteiger partial charge in [-0.3, -0.25) is 0 Å². The second-order valence-electron chi connectivity index (χ2n) is 6.31. The van der Waals surface area contributed by atoms with Crippen molar-refractivity contribution in [2.45, 2.75) is 119 Å². The molecule has 0 aliphatic carbocycles. The van der Waals surface area contributed by atoms with Crippen molar-refractivity contribution >= 4 is 0 Å². The molecule has 0 bridgehead atoms. The van der Waals surface area contributed by atoms with Gasteiger partial charge in [0, 0.05) is 0 Å². The van der Waals surface area contributed by atoms with Crippen LogP contribution < -0.4 is 0 Å². The number of unbranched alkanes of at least 4 members (excludes halogenated alkanes) is 4. The summed E-state index contributed by atoms with van der Waals surface area (Å²) in [5.74, 6) is 0. The van der Waals surface area contributed by atoms with Gasteiger partial charge in [-0.05, 0) is 45.4 Å². The molecule has 0 rings (SSSR count). The van der Waals surface area contributed by atoms with Crippen molar-refractivity contribution in [3.05, 3.63) is 36.0 Å². The van der Waals surface area contributed by atoms with Gasteiger partial charge in [-0.25, -0.2) is 0 Å². The zero-order chi connectivity index (χ0) is 18.9. The molecule has 0 amide bonds. The van der Waals surface area contributed by atoms with E-state index in [0.29, 0.717) is 0 Å². The molecule has 0 aromatic heterocycles. The molecule has 0 aromatic carbocycles. The minimum atomic E-state index is 1.19. The molecule has 144 valence electrons. The molecule has 0 fully saturated rings. The van der Waals surface area contributed by atoms with Crippen LogP contribution in [0.2, 0.25) is 0 Å². The van der Waals surface area contributed by atoms with Gasteiger partial charge in [0.05, 0.1) is 0 Å². The van der Waals surface area contributed by atoms with E-state index in [1.165, 1.54) is 76.2 Å². The number of rotatable bonds is 11. The number of allylic oxidation sites excluding steroid dienone is 6. The van der Waals surface area contributed by atoms with Crippen molar-refractivity contribution in [1.29, 1.82) is 0 Å². The second kappa shape index (κ2) is 30.1. The van der Waals surface area contributed by atoms with Gasteiger partial charge in [0.25, 0.3) is 0 Å². The van der Waals surface area contributed by atoms with E-state index in [0.717, 1.165) is 0 Å². The molecule has 0 unspecified atom stereocenters. The maximum absolute atomic E-state index is 2.30. The van der Waals surface area contributed by atoms with E-state index in [2.05, 4.69) is 78.8 Å². The fourth-order valence-corrected chi connectivity index (χ4v) is 1.98. The van der Waals surface area contributed by atoms with Crippen molar-refractivity contribution in [2.75, 3.05) is 0 Å². The zero-order valence-electron chi connectivity index (χ0n) is 18.2. The lowest BCUT2D eigenvalue weighted by Gasteiger charge is -1.93. The van der Waals surface area contributed by atoms with E-state index in [-0.39, 0.29) is 0 Å². The molecule has 0 aromatic rings. The summed E-state index contributed by atoms with van der Waals surface area (Å²) < 4.78 is 0. The summed E-state index contributed by atoms with van der Waals surface area (Å²) >= 11 is 0. The smallest absolute Gasteiger partial charge is 0.0326 e. The highest BCUT2D eigenvalue weighted by atomic mass is 13.9. The Morgan fingerprint density at radius 1 is 0.542 bits per heavy atom. The van der Waals surface area contributed by atoms with Crippen LogP contribution in [0.15, 0.2) is 36.0 Å². The standard InChI is InChI=1S/3C8H16/c1-4-6-8(3)7-5-2;2*1-3-5-7-8-6-4-2/h6H,4-5,7H2,1-3H3;2*7-8H,3-6H2,1-2H3/b8-6-;8-7+;. The summed E-state index contributed by atoms with van der Waals surface area (Å²) in [5.41, 5.74) is 1.54. The highest BCUT2D eigenvalue weighted by molar-refractivity contribution is 4.96. The van der Waals surface area contributed by atoms with Gasteiger partial charge in [-0.2, -0.15) is 0 Å². The Morgan fingerprint density at radius 3 is 1.08 bits per heavy atom. The molecule has 0 atom stereocenters. The van der Waals surface area contributed by atoms with E-state index < -0.39 is 0 Å². The highest BCUT2D eigenvalue weighted by Gasteiger charge is 1.82. The molecule has 0 radical (unpaired) electrons. The molecule has 0 N–H and O–H groups in total. The van der Waals surface area contributed by atoms with Gasteiger partial charge in [0.15, 0.2) is 0 Å². The minimum Gasteiger partial charge on any atom is -0.0885 e. The predicted octanol–water partition coefficient (Wildman–Crippen LogP) is 9.43. The lowest BCUT2D eigenvalue weighted by Crippen LogP contribution is -1.72. The Hall–Kier alpha value is -0.780. The van der Waals surface area contributed by atoms with E-state index in [1.54, 1.807) is 0 Å². The molecule has 0 aliphatic heterocycles. The quantitative estimate of drug-likeness (QED) is 0.329. The Kier molecular flexibility index (Phi) is 35.2. The van der Waals surface area contributed by atoms with Gasteiger partial charge in [-0.15, -0.1) is 0 Å². The Morgan fingerprint density at radius 2 is 0.875 bits per heavy atom. The SMILES string of the molecule is CC/C=C(/C)CCC.CCC/C=C/CCC.CCCC=CCCC. The summed E-state index contributed by atoms with van der Waals surface area (Å²) in [6.07, 6.45) is 25.2. The first kappa shape index (κ1) is 28.0. The normalized spacial score (nSPS) is 11.2. The first-order valence-electron chi connectivity index (χ1n) is 10.6. The predicted molar refractivity (Wildman–Crippen MR) is 117 cm³/mol. The molecule has 0 aliphatic rings. The zero-order valence-corrected chi connectivity index (χ0v) is 18.2. The number of hydrogen-bond donors (Lipinski definition) is 0. The average Bonchev–Trinajstić information content (AvgIpc) is 2.58. The van der Waals surface area contributed by atoms with Crippen molar-refractivity contribution in [1.82, 2.24) is 0 Å². The summed E-state index contributed by atoms with van der Waals surface area (Å²) in [6.45, 7) is 15.4. The molecule has 0 heterocycles. The van der Waals surface area contributed by atoms with Crippen LogP contribution in [-0.2, 0) is 0 Å². The molecule has 0 saturated carbocycles. The molecule has 0 saturated heterocycles. The fraction of sp³-hybridized carbons (Fsp3) is 0.750. The third-order valence-electron chi connectivity index (χ3n) is 3.35. The van der Waals surface area contributed by atoms with E-state index in [4.69, 9.17) is 0 Å². The fourth-order valence-electron chi connectivity index (χ4n) is 1.98. The topological polar surface area (TPSA) is 0 Å². The second-order valence-corrected chi connectivity index (χ2v) is 6.31. The van der Waals surface area contributed by atoms with Crippen LogP contribution in [0.1, 0.15) is 119 Å². The molecular formula is C24H48. The Labute approximate surface area is 155 Å². The first-order chi connectivity index (χ1) is 11.6. The third-order valence-corrected chi connectivity index (χ3v) is 3.35. The molecule has 24 heavy (non-hydrogen) atoms. The van der Waals surface area contributed by atoms with Crippen molar-refractivity contribution < 1.29 is 0 Å². The van der Waals surface area contributed by atoms with Crippen LogP contribution >= 0.6 is 0 Å². The van der Waals surface area contributed by atoms with Crippen LogP contribution in [0.3, 0.4) is 0 Å². The first-order valence-corrected chi connectivity index (χ1v) is 10.6. The maximum atomic E-state index is 2.30. The van der Waals surface area contributed by atoms with Gasteiger partial charge in [-0.1, -0.05) is 110 Å². The van der Waals surface area contributed by atoms with E-state index in [9.17, 15) is 0 Å². The molecule has 0 spiro atoms. The van der Waals surface area contributed by atoms with Gasteiger partial charge >= 0.3 is 0 Å². The van der Waals surface area contributed by atoms with Gasteiger partial charge in [0.2, 0.25) is 0 Å². The lowest BCUT2D eigenvalue weighted by molar-refractivity contribution is 0.896. The van der Waals surface area contributed by atoms with Crippen molar-refractivity contribution in [3.8, 4) is 0 Å². The third kappa shape index (κ3) is 37.5. The largest absolute Gasteiger partial charge is 0.0885 e. The Bertz CT molecular complexity index is 234. The van der Waals surface area contributed by atoms with Gasteiger partial charge < -0.3 is 0 Å². The maximum Gasteiger partial charge on any atom is -0.0326 e. The van der Waals surface area contributed by atoms with Crippen molar-refractivity contribution in [2.24, 2.45) is 0 Å². The minimum absolute atomic E-state index is 1.19. The van der Waals surface area contributed by atoms with Crippen molar-refractivity contribution in [3.63, 3.8) is 0 Å².